The van der Waals surface area contributed by atoms with E-state index in [4.69, 9.17) is 9.47 Å². The van der Waals surface area contributed by atoms with E-state index in [0.717, 1.165) is 29.8 Å². The Morgan fingerprint density at radius 3 is 1.32 bits per heavy atom. The number of aromatic nitrogens is 4. The van der Waals surface area contributed by atoms with Gasteiger partial charge in [-0.15, -0.1) is 0 Å². The minimum absolute atomic E-state index is 0.621. The highest BCUT2D eigenvalue weighted by molar-refractivity contribution is 7.78. The van der Waals surface area contributed by atoms with Crippen LogP contribution in [0.15, 0.2) is 43.7 Å². The van der Waals surface area contributed by atoms with Crippen LogP contribution >= 0.6 is 30.8 Å². The first-order valence-corrected chi connectivity index (χ1v) is 20.0. The third-order valence-corrected chi connectivity index (χ3v) is 12.5. The zero-order valence-corrected chi connectivity index (χ0v) is 29.2. The minimum Gasteiger partial charge on any atom is -0.387 e. The molecule has 0 bridgehead atoms. The molecule has 0 aromatic carbocycles. The normalized spacial score (nSPS) is 30.4. The molecule has 29 nitrogen and oxygen atoms in total. The van der Waals surface area contributed by atoms with Crippen LogP contribution in [0.5, 0.6) is 0 Å². The summed E-state index contributed by atoms with van der Waals surface area (Å²) < 4.78 is 77.2. The van der Waals surface area contributed by atoms with Crippen LogP contribution in [-0.4, -0.2) is 120 Å². The van der Waals surface area contributed by atoms with Crippen molar-refractivity contribution in [1.82, 2.24) is 24.4 Å². The van der Waals surface area contributed by atoms with Crippen LogP contribution in [0.2, 0.25) is 0 Å². The number of H-pyrrole nitrogens is 2. The number of hydrogen-bond acceptors (Lipinski definition) is 20. The van der Waals surface area contributed by atoms with Gasteiger partial charge < -0.3 is 49.5 Å². The van der Waals surface area contributed by atoms with Gasteiger partial charge in [0.15, 0.2) is 12.5 Å². The summed E-state index contributed by atoms with van der Waals surface area (Å²) in [4.78, 5) is 114. The Morgan fingerprint density at radius 1 is 0.660 bits per heavy atom. The van der Waals surface area contributed by atoms with Crippen molar-refractivity contribution in [2.24, 2.45) is 0 Å². The van der Waals surface area contributed by atoms with Crippen molar-refractivity contribution in [3.63, 3.8) is 0 Å². The van der Waals surface area contributed by atoms with Gasteiger partial charge in [0.25, 0.3) is 11.1 Å². The number of imide groups is 1. The molecule has 0 radical (unpaired) electrons. The number of amides is 2. The highest BCUT2D eigenvalue weighted by atomic mass is 31.3. The van der Waals surface area contributed by atoms with Gasteiger partial charge in [0.2, 0.25) is 0 Å². The molecular weight excluding hydrogens is 818 g/mol. The van der Waals surface area contributed by atoms with Crippen LogP contribution in [0.4, 0.5) is 9.59 Å². The number of nitrogens with one attached hydrogen (secondary N) is 3. The van der Waals surface area contributed by atoms with Crippen LogP contribution in [0, 0.1) is 0 Å². The van der Waals surface area contributed by atoms with Gasteiger partial charge in [-0.05, 0) is 0 Å². The molecule has 4 heterocycles. The fraction of sp³-hybridized carbons (Fsp3) is 0.500. The molecule has 12 atom stereocenters. The fourth-order valence-electron chi connectivity index (χ4n) is 4.42. The lowest BCUT2D eigenvalue weighted by molar-refractivity contribution is -0.0541. The summed E-state index contributed by atoms with van der Waals surface area (Å²) >= 11 is 0. The van der Waals surface area contributed by atoms with Crippen molar-refractivity contribution in [3.8, 4) is 0 Å². The van der Waals surface area contributed by atoms with Gasteiger partial charge in [-0.1, -0.05) is 0 Å². The Balaban J connectivity index is 1.30. The molecule has 2 aliphatic heterocycles. The molecular formula is C20H27N5O24P4. The van der Waals surface area contributed by atoms with Crippen LogP contribution < -0.4 is 27.8 Å². The predicted octanol–water partition coefficient (Wildman–Crippen LogP) is -4.21. The molecule has 53 heavy (non-hydrogen) atoms. The molecule has 2 aromatic rings. The number of carbonyl (C=O) groups is 2. The molecule has 4 unspecified atom stereocenters. The number of phosphoric acid groups is 2. The molecule has 33 heteroatoms. The summed E-state index contributed by atoms with van der Waals surface area (Å²) in [7, 11) is -24.2. The van der Waals surface area contributed by atoms with E-state index >= 15 is 0 Å². The van der Waals surface area contributed by atoms with Crippen LogP contribution in [0.25, 0.3) is 0 Å². The number of phosphoric ester groups is 2. The third-order valence-electron chi connectivity index (χ3n) is 6.88. The van der Waals surface area contributed by atoms with Crippen LogP contribution in [0.1, 0.15) is 12.5 Å². The molecule has 11 N–H and O–H groups in total. The SMILES string of the molecule is O=C(NC(=O)P(=O)(O)OP(=O)(O)OC[C@H]1O[C@@H](n2ccc(=O)[nH]c2=O)[C@H](O)[C@@H]1O)P(=O)(O)OP(=O)(O)OC[C@H]1O[C@@H](n2ccc(=O)[nH]c2=O)[C@H](O)[C@@H]1O. The topological polar surface area (TPSA) is 441 Å². The lowest BCUT2D eigenvalue weighted by Crippen LogP contribution is -2.37. The van der Waals surface area contributed by atoms with E-state index in [1.165, 1.54) is 0 Å². The van der Waals surface area contributed by atoms with Gasteiger partial charge in [-0.3, -0.25) is 52.6 Å². The van der Waals surface area contributed by atoms with Crippen molar-refractivity contribution in [2.45, 2.75) is 49.1 Å². The molecule has 0 saturated carbocycles. The molecule has 2 amide bonds. The average Bonchev–Trinajstić information content (AvgIpc) is 3.47. The van der Waals surface area contributed by atoms with Gasteiger partial charge in [-0.2, -0.15) is 0 Å². The summed E-state index contributed by atoms with van der Waals surface area (Å²) in [5.74, 6) is 0. The first-order valence-electron chi connectivity index (χ1n) is 13.9. The first kappa shape index (κ1) is 42.6. The van der Waals surface area contributed by atoms with Crippen LogP contribution in [-0.2, 0) is 45.4 Å². The number of aliphatic hydroxyl groups excluding tert-OH is 4. The van der Waals surface area contributed by atoms with E-state index in [0.29, 0.717) is 9.13 Å². The lowest BCUT2D eigenvalue weighted by Gasteiger charge is -2.20. The molecule has 4 rings (SSSR count). The summed E-state index contributed by atoms with van der Waals surface area (Å²) in [6.07, 6.45) is -12.9. The molecule has 0 aliphatic carbocycles. The number of carbonyl (C=O) groups excluding carboxylic acids is 2. The molecule has 2 aliphatic rings. The summed E-state index contributed by atoms with van der Waals surface area (Å²) in [6, 6.07) is 1.70. The van der Waals surface area contributed by atoms with Gasteiger partial charge in [0.1, 0.15) is 36.6 Å². The zero-order valence-electron chi connectivity index (χ0n) is 25.6. The number of nitrogens with zero attached hydrogens (tertiary/aromatic N) is 2. The van der Waals surface area contributed by atoms with E-state index in [1.54, 1.807) is 0 Å². The smallest absolute Gasteiger partial charge is 0.387 e. The average molecular weight is 845 g/mol. The van der Waals surface area contributed by atoms with E-state index in [1.807, 2.05) is 9.97 Å². The van der Waals surface area contributed by atoms with E-state index in [-0.39, 0.29) is 0 Å². The molecule has 0 spiro atoms. The van der Waals surface area contributed by atoms with Gasteiger partial charge in [0.05, 0.1) is 13.2 Å². The monoisotopic (exact) mass is 845 g/mol. The lowest BCUT2D eigenvalue weighted by atomic mass is 10.1. The highest BCUT2D eigenvalue weighted by Crippen LogP contribution is 2.62. The Bertz CT molecular complexity index is 2020. The first-order chi connectivity index (χ1) is 24.3. The maximum absolute atomic E-state index is 12.3. The minimum atomic E-state index is -6.22. The molecule has 2 fully saturated rings. The maximum Gasteiger partial charge on any atom is 0.479 e. The quantitative estimate of drug-likeness (QED) is 0.0803. The number of hydrogen-bond donors (Lipinski definition) is 11. The summed E-state index contributed by atoms with van der Waals surface area (Å²) in [5, 5.41) is 41.5. The number of aliphatic hydroxyl groups is 4. The van der Waals surface area contributed by atoms with Crippen molar-refractivity contribution >= 4 is 42.1 Å². The Morgan fingerprint density at radius 2 is 1.00 bits per heavy atom. The number of rotatable bonds is 14. The predicted molar refractivity (Wildman–Crippen MR) is 162 cm³/mol. The summed E-state index contributed by atoms with van der Waals surface area (Å²) in [5.41, 5.74) is -9.06. The second kappa shape index (κ2) is 15.9. The standard InChI is InChI=1S/C20H27N5O24P4/c26-9-1-3-24(17(32)21-9)15-13(30)11(28)7(46-15)5-44-52(40,41)48-50(36,37)19(34)23-20(35)51(38,39)49-53(42,43)45-6-8-12(29)14(31)16(47-8)25-4-2-10(27)22-18(25)33/h1-4,7-8,11-16,28-31H,5-6H2,(H,36,37)(H,38,39)(H,40,41)(H,42,43)(H,21,26,32)(H,22,27,33)(H,23,34,35)/t7-,8-,11-,12-,13-,14-,15-,16-/m1/s1. The van der Waals surface area contributed by atoms with Crippen LogP contribution in [0.3, 0.4) is 0 Å². The summed E-state index contributed by atoms with van der Waals surface area (Å²) in [6.45, 7) is -2.50. The maximum atomic E-state index is 12.3. The highest BCUT2D eigenvalue weighted by Gasteiger charge is 2.50. The van der Waals surface area contributed by atoms with Crippen molar-refractivity contribution in [3.05, 3.63) is 66.2 Å². The Kier molecular flexibility index (Phi) is 12.8. The Labute approximate surface area is 290 Å². The second-order valence-corrected chi connectivity index (χ2v) is 17.2. The Hall–Kier alpha value is -3.14. The largest absolute Gasteiger partial charge is 0.479 e. The van der Waals surface area contributed by atoms with Gasteiger partial charge in [-0.25, -0.2) is 36.5 Å². The van der Waals surface area contributed by atoms with Crippen molar-refractivity contribution in [2.75, 3.05) is 13.2 Å². The van der Waals surface area contributed by atoms with E-state index in [2.05, 4.69) is 17.7 Å². The number of aromatic amines is 2. The van der Waals surface area contributed by atoms with Crippen molar-refractivity contribution < 1.29 is 95.0 Å². The third kappa shape index (κ3) is 10.1. The molecule has 296 valence electrons. The molecule has 2 aromatic heterocycles. The van der Waals surface area contributed by atoms with E-state index in [9.17, 15) is 87.0 Å². The van der Waals surface area contributed by atoms with Gasteiger partial charge >= 0.3 is 53.5 Å². The van der Waals surface area contributed by atoms with E-state index < -0.39 is 127 Å². The zero-order chi connectivity index (χ0) is 39.8. The van der Waals surface area contributed by atoms with Gasteiger partial charge in [0, 0.05) is 24.5 Å². The second-order valence-electron chi connectivity index (χ2n) is 10.6. The van der Waals surface area contributed by atoms with Crippen molar-refractivity contribution in [1.29, 1.82) is 0 Å². The molecule has 2 saturated heterocycles. The number of ether oxygens (including phenoxy) is 2. The fourth-order valence-corrected chi connectivity index (χ4v) is 8.87.